The number of hydrogen-bond acceptors (Lipinski definition) is 4. The maximum Gasteiger partial charge on any atom is 0.292 e. The molecule has 0 atom stereocenters. The van der Waals surface area contributed by atoms with Gasteiger partial charge in [0.25, 0.3) is 5.91 Å². The molecular formula is C15H16FN3O2. The summed E-state index contributed by atoms with van der Waals surface area (Å²) in [5.74, 6) is -0.140. The number of carbonyl (C=O) groups excluding carboxylic acids is 1. The van der Waals surface area contributed by atoms with Crippen LogP contribution in [0.5, 0.6) is 0 Å². The largest absolute Gasteiger partial charge is 0.366 e. The number of nitrogens with zero attached hydrogens (tertiary/aromatic N) is 3. The van der Waals surface area contributed by atoms with Gasteiger partial charge in [-0.05, 0) is 19.1 Å². The van der Waals surface area contributed by atoms with Crippen LogP contribution in [-0.2, 0) is 0 Å². The summed E-state index contributed by atoms with van der Waals surface area (Å²) >= 11 is 0. The maximum absolute atomic E-state index is 13.8. The van der Waals surface area contributed by atoms with Gasteiger partial charge < -0.3 is 14.3 Å². The lowest BCUT2D eigenvalue weighted by Gasteiger charge is -2.35. The van der Waals surface area contributed by atoms with E-state index in [0.29, 0.717) is 37.6 Å². The van der Waals surface area contributed by atoms with Gasteiger partial charge in [0, 0.05) is 32.2 Å². The molecule has 3 rings (SSSR count). The first-order chi connectivity index (χ1) is 10.1. The first-order valence-electron chi connectivity index (χ1n) is 6.87. The average Bonchev–Trinajstić information content (AvgIpc) is 2.94. The van der Waals surface area contributed by atoms with Crippen LogP contribution < -0.4 is 4.90 Å². The molecule has 1 aromatic heterocycles. The minimum atomic E-state index is -0.233. The molecule has 0 saturated carbocycles. The molecule has 5 nitrogen and oxygen atoms in total. The van der Waals surface area contributed by atoms with Crippen molar-refractivity contribution in [2.45, 2.75) is 6.92 Å². The summed E-state index contributed by atoms with van der Waals surface area (Å²) in [5.41, 5.74) is 1.27. The molecular weight excluding hydrogens is 273 g/mol. The van der Waals surface area contributed by atoms with Crippen LogP contribution in [0.1, 0.15) is 16.2 Å². The van der Waals surface area contributed by atoms with Gasteiger partial charge in [-0.15, -0.1) is 0 Å². The lowest BCUT2D eigenvalue weighted by atomic mass is 10.2. The van der Waals surface area contributed by atoms with Crippen molar-refractivity contribution in [2.24, 2.45) is 0 Å². The summed E-state index contributed by atoms with van der Waals surface area (Å²) in [6.07, 6.45) is 0. The van der Waals surface area contributed by atoms with Gasteiger partial charge in [-0.3, -0.25) is 4.79 Å². The van der Waals surface area contributed by atoms with Crippen molar-refractivity contribution in [3.8, 4) is 0 Å². The van der Waals surface area contributed by atoms with E-state index in [9.17, 15) is 9.18 Å². The second-order valence-corrected chi connectivity index (χ2v) is 5.06. The molecule has 110 valence electrons. The quantitative estimate of drug-likeness (QED) is 0.849. The van der Waals surface area contributed by atoms with Crippen LogP contribution in [0.25, 0.3) is 0 Å². The van der Waals surface area contributed by atoms with Gasteiger partial charge >= 0.3 is 0 Å². The lowest BCUT2D eigenvalue weighted by Crippen LogP contribution is -2.49. The Labute approximate surface area is 121 Å². The standard InChI is InChI=1S/C15H16FN3O2/c1-11-10-14(21-17-11)15(20)19-8-6-18(7-9-19)13-5-3-2-4-12(13)16/h2-5,10H,6-9H2,1H3. The molecule has 2 heterocycles. The monoisotopic (exact) mass is 289 g/mol. The summed E-state index contributed by atoms with van der Waals surface area (Å²) in [7, 11) is 0. The van der Waals surface area contributed by atoms with Gasteiger partial charge in [-0.25, -0.2) is 4.39 Å². The van der Waals surface area contributed by atoms with E-state index in [4.69, 9.17) is 4.52 Å². The van der Waals surface area contributed by atoms with Gasteiger partial charge in [0.05, 0.1) is 11.4 Å². The molecule has 0 radical (unpaired) electrons. The molecule has 1 aliphatic heterocycles. The third kappa shape index (κ3) is 2.74. The first kappa shape index (κ1) is 13.6. The number of hydrogen-bond donors (Lipinski definition) is 0. The van der Waals surface area contributed by atoms with Crippen LogP contribution in [-0.4, -0.2) is 42.1 Å². The van der Waals surface area contributed by atoms with E-state index in [-0.39, 0.29) is 17.5 Å². The predicted molar refractivity (Wildman–Crippen MR) is 75.8 cm³/mol. The van der Waals surface area contributed by atoms with Gasteiger partial charge in [-0.2, -0.15) is 0 Å². The smallest absolute Gasteiger partial charge is 0.292 e. The number of halogens is 1. The lowest BCUT2D eigenvalue weighted by molar-refractivity contribution is 0.0704. The predicted octanol–water partition coefficient (Wildman–Crippen LogP) is 2.08. The molecule has 1 amide bonds. The third-order valence-corrected chi connectivity index (χ3v) is 3.60. The molecule has 1 aliphatic rings. The van der Waals surface area contributed by atoms with E-state index in [1.54, 1.807) is 30.0 Å². The zero-order chi connectivity index (χ0) is 14.8. The van der Waals surface area contributed by atoms with Crippen molar-refractivity contribution in [3.05, 3.63) is 47.6 Å². The fourth-order valence-corrected chi connectivity index (χ4v) is 2.48. The number of benzene rings is 1. The highest BCUT2D eigenvalue weighted by Crippen LogP contribution is 2.20. The molecule has 0 N–H and O–H groups in total. The molecule has 0 bridgehead atoms. The van der Waals surface area contributed by atoms with Crippen molar-refractivity contribution in [1.82, 2.24) is 10.1 Å². The van der Waals surface area contributed by atoms with Crippen LogP contribution >= 0.6 is 0 Å². The fourth-order valence-electron chi connectivity index (χ4n) is 2.48. The van der Waals surface area contributed by atoms with Gasteiger partial charge in [0.2, 0.25) is 5.76 Å². The first-order valence-corrected chi connectivity index (χ1v) is 6.87. The molecule has 1 fully saturated rings. The van der Waals surface area contributed by atoms with E-state index in [2.05, 4.69) is 5.16 Å². The van der Waals surface area contributed by atoms with Crippen molar-refractivity contribution in [3.63, 3.8) is 0 Å². The third-order valence-electron chi connectivity index (χ3n) is 3.60. The zero-order valence-corrected chi connectivity index (χ0v) is 11.8. The minimum absolute atomic E-state index is 0.163. The summed E-state index contributed by atoms with van der Waals surface area (Å²) < 4.78 is 18.7. The topological polar surface area (TPSA) is 49.6 Å². The zero-order valence-electron chi connectivity index (χ0n) is 11.8. The highest BCUT2D eigenvalue weighted by Gasteiger charge is 2.25. The number of carbonyl (C=O) groups is 1. The number of anilines is 1. The summed E-state index contributed by atoms with van der Waals surface area (Å²) in [4.78, 5) is 15.9. The Morgan fingerprint density at radius 1 is 1.24 bits per heavy atom. The van der Waals surface area contributed by atoms with E-state index >= 15 is 0 Å². The molecule has 1 saturated heterocycles. The highest BCUT2D eigenvalue weighted by molar-refractivity contribution is 5.91. The molecule has 0 spiro atoms. The second-order valence-electron chi connectivity index (χ2n) is 5.06. The molecule has 6 heteroatoms. The number of aromatic nitrogens is 1. The van der Waals surface area contributed by atoms with Crippen molar-refractivity contribution < 1.29 is 13.7 Å². The fraction of sp³-hybridized carbons (Fsp3) is 0.333. The summed E-state index contributed by atoms with van der Waals surface area (Å²) in [6, 6.07) is 8.32. The average molecular weight is 289 g/mol. The van der Waals surface area contributed by atoms with E-state index in [1.165, 1.54) is 6.07 Å². The van der Waals surface area contributed by atoms with Crippen LogP contribution in [0, 0.1) is 12.7 Å². The van der Waals surface area contributed by atoms with Gasteiger partial charge in [0.15, 0.2) is 0 Å². The Morgan fingerprint density at radius 3 is 2.57 bits per heavy atom. The van der Waals surface area contributed by atoms with Crippen molar-refractivity contribution in [2.75, 3.05) is 31.1 Å². The number of para-hydroxylation sites is 1. The van der Waals surface area contributed by atoms with Crippen LogP contribution in [0.2, 0.25) is 0 Å². The molecule has 0 aliphatic carbocycles. The van der Waals surface area contributed by atoms with Crippen molar-refractivity contribution in [1.29, 1.82) is 0 Å². The Hall–Kier alpha value is -2.37. The summed E-state index contributed by atoms with van der Waals surface area (Å²) in [6.45, 7) is 4.04. The van der Waals surface area contributed by atoms with Gasteiger partial charge in [0.1, 0.15) is 5.82 Å². The van der Waals surface area contributed by atoms with Gasteiger partial charge in [-0.1, -0.05) is 17.3 Å². The van der Waals surface area contributed by atoms with Crippen LogP contribution in [0.15, 0.2) is 34.9 Å². The molecule has 21 heavy (non-hydrogen) atoms. The van der Waals surface area contributed by atoms with Crippen LogP contribution in [0.4, 0.5) is 10.1 Å². The summed E-state index contributed by atoms with van der Waals surface area (Å²) in [5, 5.41) is 3.72. The van der Waals surface area contributed by atoms with Crippen LogP contribution in [0.3, 0.4) is 0 Å². The Morgan fingerprint density at radius 2 is 1.95 bits per heavy atom. The number of rotatable bonds is 2. The maximum atomic E-state index is 13.8. The number of piperazine rings is 1. The molecule has 1 aromatic carbocycles. The second kappa shape index (κ2) is 5.55. The van der Waals surface area contributed by atoms with E-state index in [0.717, 1.165) is 0 Å². The van der Waals surface area contributed by atoms with E-state index < -0.39 is 0 Å². The van der Waals surface area contributed by atoms with E-state index in [1.807, 2.05) is 11.0 Å². The Kier molecular flexibility index (Phi) is 3.60. The number of amides is 1. The minimum Gasteiger partial charge on any atom is -0.366 e. The Bertz CT molecular complexity index is 648. The normalized spacial score (nSPS) is 15.3. The van der Waals surface area contributed by atoms with Crippen molar-refractivity contribution >= 4 is 11.6 Å². The number of aryl methyl sites for hydroxylation is 1. The SMILES string of the molecule is Cc1cc(C(=O)N2CCN(c3ccccc3F)CC2)on1. The Balaban J connectivity index is 1.65. The molecule has 0 unspecified atom stereocenters. The molecule has 2 aromatic rings. The highest BCUT2D eigenvalue weighted by atomic mass is 19.1.